The van der Waals surface area contributed by atoms with Crippen molar-refractivity contribution in [2.75, 3.05) is 5.32 Å². The molecule has 1 amide bonds. The Kier molecular flexibility index (Phi) is 4.20. The molecule has 0 bridgehead atoms. The Labute approximate surface area is 118 Å². The Morgan fingerprint density at radius 3 is 2.75 bits per heavy atom. The molecule has 3 N–H and O–H groups in total. The monoisotopic (exact) mass is 273 g/mol. The summed E-state index contributed by atoms with van der Waals surface area (Å²) in [6.07, 6.45) is 1.59. The standard InChI is InChI=1S/C15H19N3O2/c1-9(2)13(16)14(19)18-12-6-4-5-11(7-12)15-17-10(3)8-20-15/h4-9,13H,16H2,1-3H3,(H,18,19)/t13-/m0/s1. The highest BCUT2D eigenvalue weighted by atomic mass is 16.3. The van der Waals surface area contributed by atoms with Crippen LogP contribution in [0.4, 0.5) is 5.69 Å². The van der Waals surface area contributed by atoms with E-state index in [-0.39, 0.29) is 11.8 Å². The van der Waals surface area contributed by atoms with E-state index >= 15 is 0 Å². The van der Waals surface area contributed by atoms with Crippen LogP contribution in [0, 0.1) is 12.8 Å². The predicted octanol–water partition coefficient (Wildman–Crippen LogP) is 2.57. The van der Waals surface area contributed by atoms with Crippen LogP contribution >= 0.6 is 0 Å². The van der Waals surface area contributed by atoms with Crippen LogP contribution in [0.15, 0.2) is 34.9 Å². The molecule has 5 nitrogen and oxygen atoms in total. The predicted molar refractivity (Wildman–Crippen MR) is 78.1 cm³/mol. The first-order valence-corrected chi connectivity index (χ1v) is 6.56. The molecule has 0 aliphatic carbocycles. The number of nitrogens with zero attached hydrogens (tertiary/aromatic N) is 1. The van der Waals surface area contributed by atoms with Crippen LogP contribution in [0.2, 0.25) is 0 Å². The third-order valence-electron chi connectivity index (χ3n) is 3.02. The van der Waals surface area contributed by atoms with Crippen molar-refractivity contribution in [3.8, 4) is 11.5 Å². The Morgan fingerprint density at radius 1 is 1.40 bits per heavy atom. The summed E-state index contributed by atoms with van der Waals surface area (Å²) in [5, 5.41) is 2.81. The number of nitrogens with two attached hydrogens (primary N) is 1. The molecule has 0 saturated heterocycles. The van der Waals surface area contributed by atoms with Gasteiger partial charge in [0.1, 0.15) is 6.26 Å². The molecule has 0 spiro atoms. The SMILES string of the molecule is Cc1coc(-c2cccc(NC(=O)[C@@H](N)C(C)C)c2)n1. The van der Waals surface area contributed by atoms with E-state index in [0.29, 0.717) is 11.6 Å². The summed E-state index contributed by atoms with van der Waals surface area (Å²) in [5.41, 5.74) is 8.13. The van der Waals surface area contributed by atoms with Crippen molar-refractivity contribution >= 4 is 11.6 Å². The molecule has 5 heteroatoms. The molecular formula is C15H19N3O2. The summed E-state index contributed by atoms with van der Waals surface area (Å²) >= 11 is 0. The second kappa shape index (κ2) is 5.88. The van der Waals surface area contributed by atoms with Gasteiger partial charge in [0, 0.05) is 11.3 Å². The molecule has 1 atom stereocenters. The molecule has 106 valence electrons. The Bertz CT molecular complexity index is 605. The van der Waals surface area contributed by atoms with Gasteiger partial charge in [-0.3, -0.25) is 4.79 Å². The highest BCUT2D eigenvalue weighted by Crippen LogP contribution is 2.22. The summed E-state index contributed by atoms with van der Waals surface area (Å²) < 4.78 is 5.35. The van der Waals surface area contributed by atoms with E-state index in [1.165, 1.54) is 0 Å². The van der Waals surface area contributed by atoms with E-state index in [4.69, 9.17) is 10.2 Å². The lowest BCUT2D eigenvalue weighted by molar-refractivity contribution is -0.118. The van der Waals surface area contributed by atoms with Crippen molar-refractivity contribution in [2.45, 2.75) is 26.8 Å². The minimum absolute atomic E-state index is 0.0903. The number of oxazole rings is 1. The van der Waals surface area contributed by atoms with Gasteiger partial charge in [-0.25, -0.2) is 4.98 Å². The van der Waals surface area contributed by atoms with Gasteiger partial charge < -0.3 is 15.5 Å². The summed E-state index contributed by atoms with van der Waals surface area (Å²) in [6, 6.07) is 6.82. The molecule has 0 unspecified atom stereocenters. The molecule has 1 heterocycles. The van der Waals surface area contributed by atoms with Gasteiger partial charge in [-0.05, 0) is 31.0 Å². The van der Waals surface area contributed by atoms with Crippen molar-refractivity contribution in [1.82, 2.24) is 4.98 Å². The fourth-order valence-electron chi connectivity index (χ4n) is 1.74. The lowest BCUT2D eigenvalue weighted by Crippen LogP contribution is -2.39. The zero-order valence-corrected chi connectivity index (χ0v) is 11.9. The number of benzene rings is 1. The number of hydrogen-bond acceptors (Lipinski definition) is 4. The molecule has 0 saturated carbocycles. The van der Waals surface area contributed by atoms with Crippen LogP contribution in [0.5, 0.6) is 0 Å². The number of amides is 1. The van der Waals surface area contributed by atoms with Crippen molar-refractivity contribution < 1.29 is 9.21 Å². The lowest BCUT2D eigenvalue weighted by atomic mass is 10.0. The topological polar surface area (TPSA) is 81.2 Å². The minimum Gasteiger partial charge on any atom is -0.444 e. The van der Waals surface area contributed by atoms with Crippen LogP contribution in [-0.2, 0) is 4.79 Å². The first kappa shape index (κ1) is 14.3. The quantitative estimate of drug-likeness (QED) is 0.897. The van der Waals surface area contributed by atoms with Gasteiger partial charge in [-0.2, -0.15) is 0 Å². The first-order chi connectivity index (χ1) is 9.47. The van der Waals surface area contributed by atoms with E-state index in [9.17, 15) is 4.79 Å². The molecule has 1 aromatic heterocycles. The average molecular weight is 273 g/mol. The Balaban J connectivity index is 2.16. The van der Waals surface area contributed by atoms with E-state index in [1.807, 2.05) is 45.0 Å². The zero-order valence-electron chi connectivity index (χ0n) is 11.9. The first-order valence-electron chi connectivity index (χ1n) is 6.56. The molecule has 0 radical (unpaired) electrons. The number of carbonyl (C=O) groups is 1. The van der Waals surface area contributed by atoms with Gasteiger partial charge in [0.25, 0.3) is 0 Å². The van der Waals surface area contributed by atoms with Crippen molar-refractivity contribution in [2.24, 2.45) is 11.7 Å². The molecule has 20 heavy (non-hydrogen) atoms. The number of nitrogens with one attached hydrogen (secondary N) is 1. The van der Waals surface area contributed by atoms with Crippen LogP contribution in [-0.4, -0.2) is 16.9 Å². The fourth-order valence-corrected chi connectivity index (χ4v) is 1.74. The van der Waals surface area contributed by atoms with Gasteiger partial charge in [0.2, 0.25) is 11.8 Å². The van der Waals surface area contributed by atoms with Crippen LogP contribution in [0.3, 0.4) is 0 Å². The number of hydrogen-bond donors (Lipinski definition) is 2. The third kappa shape index (κ3) is 3.24. The Morgan fingerprint density at radius 2 is 2.15 bits per heavy atom. The normalized spacial score (nSPS) is 12.4. The van der Waals surface area contributed by atoms with Gasteiger partial charge >= 0.3 is 0 Å². The zero-order chi connectivity index (χ0) is 14.7. The summed E-state index contributed by atoms with van der Waals surface area (Å²) in [7, 11) is 0. The summed E-state index contributed by atoms with van der Waals surface area (Å²) in [6.45, 7) is 5.69. The second-order valence-corrected chi connectivity index (χ2v) is 5.13. The van der Waals surface area contributed by atoms with Gasteiger partial charge in [0.05, 0.1) is 11.7 Å². The van der Waals surface area contributed by atoms with Crippen molar-refractivity contribution in [3.05, 3.63) is 36.2 Å². The van der Waals surface area contributed by atoms with Crippen LogP contribution < -0.4 is 11.1 Å². The Hall–Kier alpha value is -2.14. The summed E-state index contributed by atoms with van der Waals surface area (Å²) in [5.74, 6) is 0.431. The largest absolute Gasteiger partial charge is 0.444 e. The highest BCUT2D eigenvalue weighted by molar-refractivity contribution is 5.95. The third-order valence-corrected chi connectivity index (χ3v) is 3.02. The molecule has 0 fully saturated rings. The number of carbonyl (C=O) groups excluding carboxylic acids is 1. The van der Waals surface area contributed by atoms with Gasteiger partial charge in [-0.15, -0.1) is 0 Å². The molecule has 2 rings (SSSR count). The maximum absolute atomic E-state index is 11.9. The molecular weight excluding hydrogens is 254 g/mol. The van der Waals surface area contributed by atoms with Crippen LogP contribution in [0.25, 0.3) is 11.5 Å². The van der Waals surface area contributed by atoms with E-state index < -0.39 is 6.04 Å². The number of aryl methyl sites for hydroxylation is 1. The van der Waals surface area contributed by atoms with E-state index in [1.54, 1.807) is 6.26 Å². The maximum Gasteiger partial charge on any atom is 0.241 e. The molecule has 2 aromatic rings. The summed E-state index contributed by atoms with van der Waals surface area (Å²) in [4.78, 5) is 16.2. The van der Waals surface area contributed by atoms with Crippen molar-refractivity contribution in [1.29, 1.82) is 0 Å². The van der Waals surface area contributed by atoms with Gasteiger partial charge in [0.15, 0.2) is 0 Å². The molecule has 0 aliphatic heterocycles. The van der Waals surface area contributed by atoms with Gasteiger partial charge in [-0.1, -0.05) is 19.9 Å². The number of rotatable bonds is 4. The smallest absolute Gasteiger partial charge is 0.241 e. The highest BCUT2D eigenvalue weighted by Gasteiger charge is 2.17. The fraction of sp³-hybridized carbons (Fsp3) is 0.333. The molecule has 1 aromatic carbocycles. The van der Waals surface area contributed by atoms with E-state index in [2.05, 4.69) is 10.3 Å². The number of anilines is 1. The lowest BCUT2D eigenvalue weighted by Gasteiger charge is -2.15. The van der Waals surface area contributed by atoms with Crippen molar-refractivity contribution in [3.63, 3.8) is 0 Å². The minimum atomic E-state index is -0.525. The number of aromatic nitrogens is 1. The van der Waals surface area contributed by atoms with E-state index in [0.717, 1.165) is 11.3 Å². The second-order valence-electron chi connectivity index (χ2n) is 5.13. The average Bonchev–Trinajstić information content (AvgIpc) is 2.84. The van der Waals surface area contributed by atoms with Crippen LogP contribution in [0.1, 0.15) is 19.5 Å². The maximum atomic E-state index is 11.9. The molecule has 0 aliphatic rings.